The van der Waals surface area contributed by atoms with Crippen LogP contribution in [-0.4, -0.2) is 29.7 Å². The summed E-state index contributed by atoms with van der Waals surface area (Å²) in [5.74, 6) is -0.197. The number of fused-ring (bicyclic) bond motifs is 1. The number of amides is 2. The van der Waals surface area contributed by atoms with Gasteiger partial charge in [-0.25, -0.2) is 9.59 Å². The Hall–Kier alpha value is -2.04. The van der Waals surface area contributed by atoms with E-state index in [9.17, 15) is 9.59 Å². The molecule has 3 rings (SSSR count). The van der Waals surface area contributed by atoms with E-state index in [1.807, 2.05) is 6.92 Å². The second-order valence-electron chi connectivity index (χ2n) is 6.08. The van der Waals surface area contributed by atoms with Crippen molar-refractivity contribution in [3.05, 3.63) is 29.3 Å². The smallest absolute Gasteiger partial charge is 0.335 e. The van der Waals surface area contributed by atoms with E-state index in [1.54, 1.807) is 23.1 Å². The van der Waals surface area contributed by atoms with Gasteiger partial charge in [0.15, 0.2) is 0 Å². The number of aromatic carboxylic acids is 1. The lowest BCUT2D eigenvalue weighted by Gasteiger charge is -2.21. The van der Waals surface area contributed by atoms with Crippen LogP contribution in [0.3, 0.4) is 0 Å². The molecule has 1 aromatic carbocycles. The fraction of sp³-hybridized carbons (Fsp3) is 0.500. The van der Waals surface area contributed by atoms with E-state index in [1.165, 1.54) is 12.8 Å². The number of hydrogen-bond acceptors (Lipinski definition) is 2. The third-order valence-corrected chi connectivity index (χ3v) is 4.23. The van der Waals surface area contributed by atoms with Crippen LogP contribution in [0.5, 0.6) is 0 Å². The standard InChI is InChI=1S/C16H20N2O3/c1-10(8-11-2-3-11)17-16(21)18-7-6-12-4-5-13(15(19)20)9-14(12)18/h4-5,9-11H,2-3,6-8H2,1H3,(H,17,21)(H,19,20). The monoisotopic (exact) mass is 288 g/mol. The first-order valence-electron chi connectivity index (χ1n) is 7.49. The van der Waals surface area contributed by atoms with Gasteiger partial charge in [0.05, 0.1) is 5.56 Å². The minimum Gasteiger partial charge on any atom is -0.478 e. The number of carboxylic acids is 1. The predicted molar refractivity (Wildman–Crippen MR) is 79.8 cm³/mol. The third kappa shape index (κ3) is 3.01. The third-order valence-electron chi connectivity index (χ3n) is 4.23. The van der Waals surface area contributed by atoms with E-state index < -0.39 is 5.97 Å². The Morgan fingerprint density at radius 2 is 2.19 bits per heavy atom. The van der Waals surface area contributed by atoms with Gasteiger partial charge in [0.2, 0.25) is 0 Å². The maximum Gasteiger partial charge on any atom is 0.335 e. The number of rotatable bonds is 4. The molecule has 2 N–H and O–H groups in total. The number of urea groups is 1. The molecular formula is C16H20N2O3. The maximum atomic E-state index is 12.4. The molecule has 1 aromatic rings. The molecule has 1 unspecified atom stereocenters. The van der Waals surface area contributed by atoms with E-state index in [4.69, 9.17) is 5.11 Å². The predicted octanol–water partition coefficient (Wildman–Crippen LogP) is 2.65. The average Bonchev–Trinajstić information content (AvgIpc) is 3.14. The Morgan fingerprint density at radius 1 is 1.43 bits per heavy atom. The summed E-state index contributed by atoms with van der Waals surface area (Å²) < 4.78 is 0. The van der Waals surface area contributed by atoms with E-state index >= 15 is 0 Å². The molecule has 112 valence electrons. The number of carbonyl (C=O) groups excluding carboxylic acids is 1. The number of carboxylic acid groups (broad SMARTS) is 1. The molecule has 1 fully saturated rings. The summed E-state index contributed by atoms with van der Waals surface area (Å²) in [5.41, 5.74) is 1.98. The molecule has 2 aliphatic rings. The van der Waals surface area contributed by atoms with Gasteiger partial charge >= 0.3 is 12.0 Å². The molecule has 0 aromatic heterocycles. The van der Waals surface area contributed by atoms with Crippen molar-refractivity contribution in [1.29, 1.82) is 0 Å². The molecule has 1 heterocycles. The maximum absolute atomic E-state index is 12.4. The van der Waals surface area contributed by atoms with Crippen LogP contribution in [-0.2, 0) is 6.42 Å². The molecule has 1 aliphatic carbocycles. The van der Waals surface area contributed by atoms with Gasteiger partial charge in [0.1, 0.15) is 0 Å². The number of nitrogens with one attached hydrogen (secondary N) is 1. The molecule has 0 bridgehead atoms. The molecule has 1 saturated carbocycles. The Kier molecular flexibility index (Phi) is 3.57. The number of carbonyl (C=O) groups is 2. The van der Waals surface area contributed by atoms with Crippen LogP contribution < -0.4 is 10.2 Å². The Labute approximate surface area is 123 Å². The molecule has 1 aliphatic heterocycles. The number of hydrogen-bond donors (Lipinski definition) is 2. The summed E-state index contributed by atoms with van der Waals surface area (Å²) in [5, 5.41) is 12.1. The van der Waals surface area contributed by atoms with Crippen LogP contribution in [0.2, 0.25) is 0 Å². The lowest BCUT2D eigenvalue weighted by Crippen LogP contribution is -2.43. The van der Waals surface area contributed by atoms with Crippen molar-refractivity contribution in [2.75, 3.05) is 11.4 Å². The van der Waals surface area contributed by atoms with E-state index in [0.29, 0.717) is 6.54 Å². The highest BCUT2D eigenvalue weighted by Crippen LogP contribution is 2.34. The quantitative estimate of drug-likeness (QED) is 0.895. The Balaban J connectivity index is 1.71. The van der Waals surface area contributed by atoms with Crippen LogP contribution in [0.25, 0.3) is 0 Å². The van der Waals surface area contributed by atoms with Crippen LogP contribution >= 0.6 is 0 Å². The molecule has 2 amide bonds. The molecule has 5 nitrogen and oxygen atoms in total. The lowest BCUT2D eigenvalue weighted by atomic mass is 10.1. The number of benzene rings is 1. The second-order valence-corrected chi connectivity index (χ2v) is 6.08. The summed E-state index contributed by atoms with van der Waals surface area (Å²) in [7, 11) is 0. The van der Waals surface area contributed by atoms with Gasteiger partial charge in [-0.3, -0.25) is 4.90 Å². The second kappa shape index (κ2) is 5.39. The first kappa shape index (κ1) is 13.9. The number of nitrogens with zero attached hydrogens (tertiary/aromatic N) is 1. The fourth-order valence-corrected chi connectivity index (χ4v) is 2.92. The molecule has 5 heteroatoms. The van der Waals surface area contributed by atoms with Crippen molar-refractivity contribution in [1.82, 2.24) is 5.32 Å². The van der Waals surface area contributed by atoms with Gasteiger partial charge in [-0.05, 0) is 43.4 Å². The summed E-state index contributed by atoms with van der Waals surface area (Å²) >= 11 is 0. The number of anilines is 1. The van der Waals surface area contributed by atoms with E-state index in [2.05, 4.69) is 5.32 Å². The van der Waals surface area contributed by atoms with Crippen LogP contribution in [0, 0.1) is 5.92 Å². The average molecular weight is 288 g/mol. The van der Waals surface area contributed by atoms with Crippen molar-refractivity contribution in [2.45, 2.75) is 38.6 Å². The molecule has 0 saturated heterocycles. The minimum atomic E-state index is -0.966. The van der Waals surface area contributed by atoms with Crippen LogP contribution in [0.4, 0.5) is 10.5 Å². The first-order chi connectivity index (χ1) is 10.0. The molecule has 0 spiro atoms. The Bertz CT molecular complexity index is 581. The van der Waals surface area contributed by atoms with Gasteiger partial charge < -0.3 is 10.4 Å². The van der Waals surface area contributed by atoms with Crippen molar-refractivity contribution >= 4 is 17.7 Å². The summed E-state index contributed by atoms with van der Waals surface area (Å²) in [4.78, 5) is 25.1. The van der Waals surface area contributed by atoms with Crippen molar-refractivity contribution in [3.63, 3.8) is 0 Å². The van der Waals surface area contributed by atoms with Gasteiger partial charge in [0, 0.05) is 18.3 Å². The fourth-order valence-electron chi connectivity index (χ4n) is 2.92. The summed E-state index contributed by atoms with van der Waals surface area (Å²) in [6.07, 6.45) is 4.35. The van der Waals surface area contributed by atoms with Gasteiger partial charge in [-0.1, -0.05) is 18.9 Å². The van der Waals surface area contributed by atoms with Crippen LogP contribution in [0.15, 0.2) is 18.2 Å². The highest BCUT2D eigenvalue weighted by Gasteiger charge is 2.28. The highest BCUT2D eigenvalue weighted by molar-refractivity contribution is 5.97. The molecule has 1 atom stereocenters. The van der Waals surface area contributed by atoms with Crippen molar-refractivity contribution in [2.24, 2.45) is 5.92 Å². The van der Waals surface area contributed by atoms with Gasteiger partial charge in [0.25, 0.3) is 0 Å². The minimum absolute atomic E-state index is 0.121. The zero-order valence-electron chi connectivity index (χ0n) is 12.1. The molecular weight excluding hydrogens is 268 g/mol. The summed E-state index contributed by atoms with van der Waals surface area (Å²) in [6.45, 7) is 2.64. The molecule has 0 radical (unpaired) electrons. The Morgan fingerprint density at radius 3 is 2.86 bits per heavy atom. The van der Waals surface area contributed by atoms with Gasteiger partial charge in [-0.2, -0.15) is 0 Å². The summed E-state index contributed by atoms with van der Waals surface area (Å²) in [6, 6.07) is 5.04. The van der Waals surface area contributed by atoms with Crippen LogP contribution in [0.1, 0.15) is 42.1 Å². The normalized spacial score (nSPS) is 18.2. The topological polar surface area (TPSA) is 69.6 Å². The van der Waals surface area contributed by atoms with Crippen molar-refractivity contribution in [3.8, 4) is 0 Å². The zero-order chi connectivity index (χ0) is 15.0. The van der Waals surface area contributed by atoms with Crippen molar-refractivity contribution < 1.29 is 14.7 Å². The lowest BCUT2D eigenvalue weighted by molar-refractivity contribution is 0.0697. The first-order valence-corrected chi connectivity index (χ1v) is 7.49. The zero-order valence-corrected chi connectivity index (χ0v) is 12.1. The van der Waals surface area contributed by atoms with E-state index in [0.717, 1.165) is 30.0 Å². The van der Waals surface area contributed by atoms with E-state index in [-0.39, 0.29) is 17.6 Å². The SMILES string of the molecule is CC(CC1CC1)NC(=O)N1CCc2ccc(C(=O)O)cc21. The van der Waals surface area contributed by atoms with Gasteiger partial charge in [-0.15, -0.1) is 0 Å². The molecule has 21 heavy (non-hydrogen) atoms. The largest absolute Gasteiger partial charge is 0.478 e. The highest BCUT2D eigenvalue weighted by atomic mass is 16.4.